The largest absolute Gasteiger partial charge is 0.366 e. The number of unbranched alkanes of at least 4 members (excludes halogenated alkanes) is 2. The third kappa shape index (κ3) is 4.78. The standard InChI is InChI=1S/C17H29FN2/c1-5-7-8-12-20(14(3)4)17-15(13-19-6-2)10-9-11-16(17)18/h9-11,14,19H,5-8,12-13H2,1-4H3. The Balaban J connectivity index is 2.97. The summed E-state index contributed by atoms with van der Waals surface area (Å²) in [6.45, 7) is 11.1. The smallest absolute Gasteiger partial charge is 0.146 e. The fraction of sp³-hybridized carbons (Fsp3) is 0.647. The molecule has 0 saturated carbocycles. The lowest BCUT2D eigenvalue weighted by atomic mass is 10.1. The van der Waals surface area contributed by atoms with Gasteiger partial charge < -0.3 is 10.2 Å². The number of nitrogens with zero attached hydrogens (tertiary/aromatic N) is 1. The topological polar surface area (TPSA) is 15.3 Å². The van der Waals surface area contributed by atoms with Crippen LogP contribution in [0.25, 0.3) is 0 Å². The second-order valence-electron chi connectivity index (χ2n) is 5.52. The zero-order chi connectivity index (χ0) is 15.0. The van der Waals surface area contributed by atoms with Crippen LogP contribution in [0.2, 0.25) is 0 Å². The zero-order valence-electron chi connectivity index (χ0n) is 13.4. The van der Waals surface area contributed by atoms with Gasteiger partial charge in [-0.2, -0.15) is 0 Å². The maximum Gasteiger partial charge on any atom is 0.146 e. The van der Waals surface area contributed by atoms with Gasteiger partial charge >= 0.3 is 0 Å². The number of hydrogen-bond donors (Lipinski definition) is 1. The lowest BCUT2D eigenvalue weighted by Gasteiger charge is -2.31. The van der Waals surface area contributed by atoms with Crippen LogP contribution in [0.3, 0.4) is 0 Å². The number of benzene rings is 1. The highest BCUT2D eigenvalue weighted by atomic mass is 19.1. The first-order valence-electron chi connectivity index (χ1n) is 7.86. The molecule has 0 radical (unpaired) electrons. The molecule has 1 aromatic rings. The van der Waals surface area contributed by atoms with E-state index in [0.29, 0.717) is 6.04 Å². The molecule has 0 amide bonds. The molecule has 114 valence electrons. The van der Waals surface area contributed by atoms with Gasteiger partial charge in [0.15, 0.2) is 0 Å². The number of rotatable bonds is 9. The Kier molecular flexibility index (Phi) is 7.60. The van der Waals surface area contributed by atoms with Crippen molar-refractivity contribution in [3.8, 4) is 0 Å². The van der Waals surface area contributed by atoms with Gasteiger partial charge in [0.1, 0.15) is 5.82 Å². The first-order chi connectivity index (χ1) is 9.61. The molecule has 0 aliphatic heterocycles. The Hall–Kier alpha value is -1.09. The van der Waals surface area contributed by atoms with E-state index < -0.39 is 0 Å². The molecule has 0 unspecified atom stereocenters. The minimum atomic E-state index is -0.106. The van der Waals surface area contributed by atoms with E-state index in [1.54, 1.807) is 12.1 Å². The van der Waals surface area contributed by atoms with Crippen molar-refractivity contribution < 1.29 is 4.39 Å². The van der Waals surface area contributed by atoms with Crippen LogP contribution in [-0.2, 0) is 6.54 Å². The summed E-state index contributed by atoms with van der Waals surface area (Å²) in [6.07, 6.45) is 3.50. The van der Waals surface area contributed by atoms with Crippen molar-refractivity contribution in [2.24, 2.45) is 0 Å². The van der Waals surface area contributed by atoms with E-state index in [9.17, 15) is 4.39 Å². The maximum absolute atomic E-state index is 14.3. The van der Waals surface area contributed by atoms with Crippen LogP contribution in [0.15, 0.2) is 18.2 Å². The van der Waals surface area contributed by atoms with Crippen molar-refractivity contribution in [3.63, 3.8) is 0 Å². The first kappa shape index (κ1) is 17.0. The highest BCUT2D eigenvalue weighted by Gasteiger charge is 2.18. The van der Waals surface area contributed by atoms with Gasteiger partial charge in [0.25, 0.3) is 0 Å². The summed E-state index contributed by atoms with van der Waals surface area (Å²) in [6, 6.07) is 5.70. The minimum Gasteiger partial charge on any atom is -0.366 e. The Labute approximate surface area is 123 Å². The predicted octanol–water partition coefficient (Wildman–Crippen LogP) is 4.34. The van der Waals surface area contributed by atoms with Crippen LogP contribution in [-0.4, -0.2) is 19.1 Å². The average molecular weight is 280 g/mol. The number of anilines is 1. The van der Waals surface area contributed by atoms with Crippen LogP contribution in [0, 0.1) is 5.82 Å². The molecule has 3 heteroatoms. The lowest BCUT2D eigenvalue weighted by Crippen LogP contribution is -2.34. The summed E-state index contributed by atoms with van der Waals surface area (Å²) >= 11 is 0. The van der Waals surface area contributed by atoms with Crippen molar-refractivity contribution in [2.45, 2.75) is 59.5 Å². The van der Waals surface area contributed by atoms with Crippen LogP contribution in [0.5, 0.6) is 0 Å². The molecule has 0 fully saturated rings. The molecular formula is C17H29FN2. The SMILES string of the molecule is CCCCCN(c1c(F)cccc1CNCC)C(C)C. The van der Waals surface area contributed by atoms with Crippen LogP contribution < -0.4 is 10.2 Å². The van der Waals surface area contributed by atoms with E-state index in [4.69, 9.17) is 0 Å². The van der Waals surface area contributed by atoms with Gasteiger partial charge in [-0.25, -0.2) is 4.39 Å². The summed E-state index contributed by atoms with van der Waals surface area (Å²) in [4.78, 5) is 2.21. The van der Waals surface area contributed by atoms with E-state index >= 15 is 0 Å². The number of hydrogen-bond acceptors (Lipinski definition) is 2. The minimum absolute atomic E-state index is 0.106. The molecule has 0 atom stereocenters. The monoisotopic (exact) mass is 280 g/mol. The van der Waals surface area contributed by atoms with Crippen molar-refractivity contribution >= 4 is 5.69 Å². The molecule has 0 saturated heterocycles. The summed E-state index contributed by atoms with van der Waals surface area (Å²) in [7, 11) is 0. The lowest BCUT2D eigenvalue weighted by molar-refractivity contribution is 0.577. The van der Waals surface area contributed by atoms with E-state index in [-0.39, 0.29) is 5.82 Å². The molecule has 0 aromatic heterocycles. The molecule has 20 heavy (non-hydrogen) atoms. The molecular weight excluding hydrogens is 251 g/mol. The van der Waals surface area contributed by atoms with Crippen molar-refractivity contribution in [1.82, 2.24) is 5.32 Å². The Morgan fingerprint density at radius 2 is 1.95 bits per heavy atom. The predicted molar refractivity (Wildman–Crippen MR) is 85.8 cm³/mol. The van der Waals surface area contributed by atoms with Crippen molar-refractivity contribution in [1.29, 1.82) is 0 Å². The van der Waals surface area contributed by atoms with Crippen LogP contribution in [0.1, 0.15) is 52.5 Å². The molecule has 1 N–H and O–H groups in total. The Morgan fingerprint density at radius 3 is 2.55 bits per heavy atom. The number of halogens is 1. The molecule has 0 aliphatic carbocycles. The fourth-order valence-electron chi connectivity index (χ4n) is 2.44. The van der Waals surface area contributed by atoms with Crippen LogP contribution in [0.4, 0.5) is 10.1 Å². The van der Waals surface area contributed by atoms with Gasteiger partial charge in [0.05, 0.1) is 5.69 Å². The summed E-state index contributed by atoms with van der Waals surface area (Å²) in [5.41, 5.74) is 1.83. The zero-order valence-corrected chi connectivity index (χ0v) is 13.4. The molecule has 2 nitrogen and oxygen atoms in total. The number of nitrogens with one attached hydrogen (secondary N) is 1. The van der Waals surface area contributed by atoms with E-state index in [1.165, 1.54) is 12.8 Å². The fourth-order valence-corrected chi connectivity index (χ4v) is 2.44. The molecule has 0 aliphatic rings. The normalized spacial score (nSPS) is 11.1. The summed E-state index contributed by atoms with van der Waals surface area (Å²) < 4.78 is 14.3. The molecule has 0 bridgehead atoms. The quantitative estimate of drug-likeness (QED) is 0.677. The molecule has 1 rings (SSSR count). The highest BCUT2D eigenvalue weighted by molar-refractivity contribution is 5.55. The maximum atomic E-state index is 14.3. The first-order valence-corrected chi connectivity index (χ1v) is 7.86. The molecule has 0 heterocycles. The van der Waals surface area contributed by atoms with E-state index in [0.717, 1.165) is 37.3 Å². The van der Waals surface area contributed by atoms with Gasteiger partial charge in [-0.05, 0) is 38.4 Å². The van der Waals surface area contributed by atoms with Gasteiger partial charge in [-0.3, -0.25) is 0 Å². The van der Waals surface area contributed by atoms with E-state index in [1.807, 2.05) is 6.07 Å². The second-order valence-corrected chi connectivity index (χ2v) is 5.52. The van der Waals surface area contributed by atoms with Crippen molar-refractivity contribution in [2.75, 3.05) is 18.0 Å². The van der Waals surface area contributed by atoms with Gasteiger partial charge in [-0.15, -0.1) is 0 Å². The Bertz CT molecular complexity index is 391. The van der Waals surface area contributed by atoms with Crippen molar-refractivity contribution in [3.05, 3.63) is 29.6 Å². The second kappa shape index (κ2) is 8.96. The van der Waals surface area contributed by atoms with Gasteiger partial charge in [0, 0.05) is 19.1 Å². The number of para-hydroxylation sites is 1. The third-order valence-corrected chi connectivity index (χ3v) is 3.55. The van der Waals surface area contributed by atoms with E-state index in [2.05, 4.69) is 37.9 Å². The summed E-state index contributed by atoms with van der Waals surface area (Å²) in [5, 5.41) is 3.30. The van der Waals surface area contributed by atoms with Crippen LogP contribution >= 0.6 is 0 Å². The molecule has 1 aromatic carbocycles. The Morgan fingerprint density at radius 1 is 1.20 bits per heavy atom. The summed E-state index contributed by atoms with van der Waals surface area (Å²) in [5.74, 6) is -0.106. The average Bonchev–Trinajstić information content (AvgIpc) is 2.42. The highest BCUT2D eigenvalue weighted by Crippen LogP contribution is 2.27. The van der Waals surface area contributed by atoms with Gasteiger partial charge in [-0.1, -0.05) is 38.8 Å². The third-order valence-electron chi connectivity index (χ3n) is 3.55. The molecule has 0 spiro atoms. The van der Waals surface area contributed by atoms with Gasteiger partial charge in [0.2, 0.25) is 0 Å².